The summed E-state index contributed by atoms with van der Waals surface area (Å²) in [5.74, 6) is 0.729. The molecule has 0 aliphatic rings. The summed E-state index contributed by atoms with van der Waals surface area (Å²) >= 11 is 6.26. The van der Waals surface area contributed by atoms with Crippen LogP contribution in [0, 0.1) is 0 Å². The van der Waals surface area contributed by atoms with Gasteiger partial charge in [-0.1, -0.05) is 44.0 Å². The molecule has 2 aromatic carbocycles. The highest BCUT2D eigenvalue weighted by Gasteiger charge is 2.24. The topological polar surface area (TPSA) is 63.4 Å². The zero-order valence-corrected chi connectivity index (χ0v) is 17.8. The lowest BCUT2D eigenvalue weighted by molar-refractivity contribution is 0.143. The minimum atomic E-state index is -0.446. The number of rotatable bonds is 8. The smallest absolute Gasteiger partial charge is 0.407 e. The number of fused-ring (bicyclic) bond motifs is 1. The first-order valence-corrected chi connectivity index (χ1v) is 10.3. The monoisotopic (exact) mass is 414 g/mol. The van der Waals surface area contributed by atoms with Crippen molar-refractivity contribution in [2.75, 3.05) is 13.7 Å². The summed E-state index contributed by atoms with van der Waals surface area (Å²) in [6.07, 6.45) is 2.15. The Labute approximate surface area is 176 Å². The first kappa shape index (κ1) is 21.1. The summed E-state index contributed by atoms with van der Waals surface area (Å²) in [5.41, 5.74) is 3.98. The van der Waals surface area contributed by atoms with Crippen LogP contribution in [0.4, 0.5) is 4.79 Å². The van der Waals surface area contributed by atoms with Crippen LogP contribution >= 0.6 is 11.6 Å². The van der Waals surface area contributed by atoms with Gasteiger partial charge >= 0.3 is 6.09 Å². The minimum absolute atomic E-state index is 0.376. The predicted molar refractivity (Wildman–Crippen MR) is 117 cm³/mol. The standard InChI is InChI=1S/C23H27ClN2O3/c1-4-7-18-19-14-16(24)10-11-20(19)25-22(18)21(26-23(27)29-12-5-2)15-8-6-9-17(13-15)28-3/h6,8-11,13-14,21,25H,4-5,7,12H2,1-3H3,(H,26,27). The second-order valence-electron chi connectivity index (χ2n) is 6.95. The summed E-state index contributed by atoms with van der Waals surface area (Å²) in [6.45, 7) is 4.48. The van der Waals surface area contributed by atoms with Crippen molar-refractivity contribution in [3.63, 3.8) is 0 Å². The van der Waals surface area contributed by atoms with Crippen LogP contribution in [0.3, 0.4) is 0 Å². The van der Waals surface area contributed by atoms with E-state index in [2.05, 4.69) is 17.2 Å². The lowest BCUT2D eigenvalue weighted by Gasteiger charge is -2.20. The summed E-state index contributed by atoms with van der Waals surface area (Å²) in [6, 6.07) is 13.1. The highest BCUT2D eigenvalue weighted by atomic mass is 35.5. The van der Waals surface area contributed by atoms with Crippen LogP contribution in [0.1, 0.15) is 49.6 Å². The van der Waals surface area contributed by atoms with Crippen LogP contribution in [0.15, 0.2) is 42.5 Å². The van der Waals surface area contributed by atoms with E-state index in [1.807, 2.05) is 49.4 Å². The van der Waals surface area contributed by atoms with Gasteiger partial charge in [-0.15, -0.1) is 0 Å². The van der Waals surface area contributed by atoms with E-state index in [9.17, 15) is 4.79 Å². The van der Waals surface area contributed by atoms with Crippen molar-refractivity contribution < 1.29 is 14.3 Å². The SMILES string of the molecule is CCCOC(=O)NC(c1cccc(OC)c1)c1[nH]c2ccc(Cl)cc2c1CCC. The van der Waals surface area contributed by atoms with Crippen molar-refractivity contribution in [3.05, 3.63) is 64.3 Å². The quantitative estimate of drug-likeness (QED) is 0.474. The number of benzene rings is 2. The molecule has 0 saturated carbocycles. The summed E-state index contributed by atoms with van der Waals surface area (Å²) < 4.78 is 10.7. The van der Waals surface area contributed by atoms with Crippen LogP contribution in [-0.4, -0.2) is 24.8 Å². The number of halogens is 1. The first-order chi connectivity index (χ1) is 14.1. The molecule has 0 bridgehead atoms. The molecule has 29 heavy (non-hydrogen) atoms. The minimum Gasteiger partial charge on any atom is -0.497 e. The Bertz CT molecular complexity index is 983. The number of nitrogens with one attached hydrogen (secondary N) is 2. The third kappa shape index (κ3) is 4.85. The molecule has 6 heteroatoms. The van der Waals surface area contributed by atoms with Crippen LogP contribution in [-0.2, 0) is 11.2 Å². The molecule has 0 spiro atoms. The van der Waals surface area contributed by atoms with E-state index in [1.165, 1.54) is 0 Å². The van der Waals surface area contributed by atoms with E-state index >= 15 is 0 Å². The fraction of sp³-hybridized carbons (Fsp3) is 0.348. The lowest BCUT2D eigenvalue weighted by atomic mass is 9.97. The van der Waals surface area contributed by atoms with Gasteiger partial charge in [0.05, 0.1) is 19.8 Å². The number of hydrogen-bond acceptors (Lipinski definition) is 3. The highest BCUT2D eigenvalue weighted by Crippen LogP contribution is 2.34. The Morgan fingerprint density at radius 2 is 2.00 bits per heavy atom. The maximum atomic E-state index is 12.5. The molecule has 0 aliphatic carbocycles. The molecule has 154 valence electrons. The molecule has 3 aromatic rings. The number of carbonyl (C=O) groups is 1. The molecule has 0 fully saturated rings. The van der Waals surface area contributed by atoms with Crippen molar-refractivity contribution in [1.82, 2.24) is 10.3 Å². The summed E-state index contributed by atoms with van der Waals surface area (Å²) in [5, 5.41) is 4.79. The second-order valence-corrected chi connectivity index (χ2v) is 7.38. The number of methoxy groups -OCH3 is 1. The zero-order valence-electron chi connectivity index (χ0n) is 17.0. The van der Waals surface area contributed by atoms with E-state index in [4.69, 9.17) is 21.1 Å². The third-order valence-electron chi connectivity index (χ3n) is 4.82. The van der Waals surface area contributed by atoms with Crippen molar-refractivity contribution in [2.24, 2.45) is 0 Å². The van der Waals surface area contributed by atoms with E-state index in [0.29, 0.717) is 11.6 Å². The van der Waals surface area contributed by atoms with Gasteiger partial charge in [-0.3, -0.25) is 0 Å². The van der Waals surface area contributed by atoms with Crippen LogP contribution in [0.2, 0.25) is 5.02 Å². The van der Waals surface area contributed by atoms with Crippen molar-refractivity contribution in [1.29, 1.82) is 0 Å². The van der Waals surface area contributed by atoms with E-state index in [1.54, 1.807) is 7.11 Å². The second kappa shape index (κ2) is 9.70. The molecule has 5 nitrogen and oxygen atoms in total. The fourth-order valence-electron chi connectivity index (χ4n) is 3.50. The van der Waals surface area contributed by atoms with Gasteiger partial charge in [0.1, 0.15) is 5.75 Å². The number of carbonyl (C=O) groups excluding carboxylic acids is 1. The average Bonchev–Trinajstić information content (AvgIpc) is 3.08. The summed E-state index contributed by atoms with van der Waals surface area (Å²) in [7, 11) is 1.63. The van der Waals surface area contributed by atoms with Gasteiger partial charge in [-0.05, 0) is 54.3 Å². The molecule has 0 aliphatic heterocycles. The van der Waals surface area contributed by atoms with Crippen LogP contribution in [0.5, 0.6) is 5.75 Å². The molecule has 3 rings (SSSR count). The van der Waals surface area contributed by atoms with Gasteiger partial charge in [0.15, 0.2) is 0 Å². The molecule has 1 amide bonds. The molecular weight excluding hydrogens is 388 g/mol. The van der Waals surface area contributed by atoms with Gasteiger partial charge in [0.2, 0.25) is 0 Å². The predicted octanol–water partition coefficient (Wildman–Crippen LogP) is 6.01. The maximum absolute atomic E-state index is 12.5. The maximum Gasteiger partial charge on any atom is 0.407 e. The van der Waals surface area contributed by atoms with Crippen molar-refractivity contribution >= 4 is 28.6 Å². The van der Waals surface area contributed by atoms with Gasteiger partial charge in [-0.2, -0.15) is 0 Å². The normalized spacial score (nSPS) is 12.0. The Morgan fingerprint density at radius 1 is 1.17 bits per heavy atom. The van der Waals surface area contributed by atoms with Crippen LogP contribution in [0.25, 0.3) is 10.9 Å². The lowest BCUT2D eigenvalue weighted by Crippen LogP contribution is -2.31. The van der Waals surface area contributed by atoms with Gasteiger partial charge < -0.3 is 19.8 Å². The third-order valence-corrected chi connectivity index (χ3v) is 5.05. The number of hydrogen-bond donors (Lipinski definition) is 2. The zero-order chi connectivity index (χ0) is 20.8. The number of aromatic amines is 1. The summed E-state index contributed by atoms with van der Waals surface area (Å²) in [4.78, 5) is 16.0. The highest BCUT2D eigenvalue weighted by molar-refractivity contribution is 6.31. The molecule has 2 N–H and O–H groups in total. The first-order valence-electron chi connectivity index (χ1n) is 9.94. The average molecular weight is 415 g/mol. The largest absolute Gasteiger partial charge is 0.497 e. The van der Waals surface area contributed by atoms with Gasteiger partial charge in [0, 0.05) is 21.6 Å². The Hall–Kier alpha value is -2.66. The molecule has 1 heterocycles. The number of ether oxygens (including phenoxy) is 2. The number of aryl methyl sites for hydroxylation is 1. The Morgan fingerprint density at radius 3 is 2.72 bits per heavy atom. The number of H-pyrrole nitrogens is 1. The van der Waals surface area contributed by atoms with Crippen molar-refractivity contribution in [3.8, 4) is 5.75 Å². The number of amides is 1. The molecule has 1 atom stereocenters. The van der Waals surface area contributed by atoms with Gasteiger partial charge in [-0.25, -0.2) is 4.79 Å². The van der Waals surface area contributed by atoms with E-state index < -0.39 is 12.1 Å². The number of alkyl carbamates (subject to hydrolysis) is 1. The molecular formula is C23H27ClN2O3. The van der Waals surface area contributed by atoms with Gasteiger partial charge in [0.25, 0.3) is 0 Å². The van der Waals surface area contributed by atoms with Crippen molar-refractivity contribution in [2.45, 2.75) is 39.2 Å². The van der Waals surface area contributed by atoms with Crippen LogP contribution < -0.4 is 10.1 Å². The molecule has 1 aromatic heterocycles. The molecule has 1 unspecified atom stereocenters. The molecule has 0 radical (unpaired) electrons. The molecule has 0 saturated heterocycles. The number of aromatic nitrogens is 1. The van der Waals surface area contributed by atoms with E-state index in [-0.39, 0.29) is 0 Å². The Balaban J connectivity index is 2.11. The fourth-order valence-corrected chi connectivity index (χ4v) is 3.68. The Kier molecular flexibility index (Phi) is 7.04. The van der Waals surface area contributed by atoms with E-state index in [0.717, 1.165) is 52.7 Å².